The third-order valence-corrected chi connectivity index (χ3v) is 11.1. The third kappa shape index (κ3) is 4.42. The van der Waals surface area contributed by atoms with E-state index in [1.54, 1.807) is 6.08 Å². The van der Waals surface area contributed by atoms with Gasteiger partial charge in [0.15, 0.2) is 0 Å². The summed E-state index contributed by atoms with van der Waals surface area (Å²) in [5, 5.41) is 6.97. The van der Waals surface area contributed by atoms with Crippen molar-refractivity contribution in [2.75, 3.05) is 0 Å². The van der Waals surface area contributed by atoms with Gasteiger partial charge in [-0.15, -0.1) is 0 Å². The zero-order valence-corrected chi connectivity index (χ0v) is 30.0. The minimum absolute atomic E-state index is 0.145. The number of para-hydroxylation sites is 5. The van der Waals surface area contributed by atoms with Gasteiger partial charge >= 0.3 is 0 Å². The van der Waals surface area contributed by atoms with Gasteiger partial charge in [-0.3, -0.25) is 9.36 Å². The number of rotatable bonds is 5. The molecule has 0 saturated carbocycles. The Kier molecular flexibility index (Phi) is 6.67. The first kappa shape index (κ1) is 31.1. The molecule has 6 nitrogen and oxygen atoms in total. The number of nitrogens with zero attached hydrogens (tertiary/aromatic N) is 5. The standard InChI is InChI=1S/C49H33N5O/c1-3-42-31(2)51(32-17-7-4-8-18-32)49(50-42)54-47-30-46-39(36-24-14-16-26-44(36)53(46)34-21-11-6-12-22-34)28-40(47)37-27-38-35-23-13-15-25-43(35)52(33-19-9-5-10-20-33)45(38)29-41(37)48(54)55/h3-30H,1H2,2H3. The molecule has 0 fully saturated rings. The van der Waals surface area contributed by atoms with Crippen LogP contribution in [0.5, 0.6) is 0 Å². The SMILES string of the molecule is C=Cc1nc(-n2c(=O)c3cc4c(cc3c3cc5c6ccccc6n(-c6ccccc6)c5cc32)c2ccccc2n4-c2ccccc2)n(-c2ccccc2)c1C. The molecule has 7 aromatic carbocycles. The zero-order chi connectivity index (χ0) is 36.8. The molecule has 11 aromatic rings. The van der Waals surface area contributed by atoms with Crippen molar-refractivity contribution in [3.05, 3.63) is 192 Å². The molecule has 0 bridgehead atoms. The Hall–Kier alpha value is -7.44. The van der Waals surface area contributed by atoms with Crippen LogP contribution in [0.4, 0.5) is 0 Å². The van der Waals surface area contributed by atoms with E-state index in [0.29, 0.717) is 11.3 Å². The van der Waals surface area contributed by atoms with Crippen molar-refractivity contribution < 1.29 is 0 Å². The molecule has 0 radical (unpaired) electrons. The quantitative estimate of drug-likeness (QED) is 0.167. The topological polar surface area (TPSA) is 49.7 Å². The minimum atomic E-state index is -0.145. The highest BCUT2D eigenvalue weighted by atomic mass is 16.1. The van der Waals surface area contributed by atoms with E-state index in [-0.39, 0.29) is 5.56 Å². The molecule has 11 rings (SSSR count). The van der Waals surface area contributed by atoms with E-state index >= 15 is 4.79 Å². The molecule has 260 valence electrons. The van der Waals surface area contributed by atoms with Gasteiger partial charge in [0, 0.05) is 49.7 Å². The second kappa shape index (κ2) is 11.8. The molecule has 0 amide bonds. The van der Waals surface area contributed by atoms with Crippen LogP contribution in [0.15, 0.2) is 175 Å². The maximum atomic E-state index is 15.6. The second-order valence-corrected chi connectivity index (χ2v) is 14.1. The van der Waals surface area contributed by atoms with Crippen LogP contribution in [0.3, 0.4) is 0 Å². The summed E-state index contributed by atoms with van der Waals surface area (Å²) in [5.74, 6) is 0.515. The van der Waals surface area contributed by atoms with Crippen LogP contribution in [-0.2, 0) is 0 Å². The van der Waals surface area contributed by atoms with Crippen molar-refractivity contribution in [2.45, 2.75) is 6.92 Å². The van der Waals surface area contributed by atoms with Crippen LogP contribution in [0, 0.1) is 6.92 Å². The van der Waals surface area contributed by atoms with Gasteiger partial charge in [0.25, 0.3) is 5.56 Å². The van der Waals surface area contributed by atoms with Crippen molar-refractivity contribution in [3.63, 3.8) is 0 Å². The summed E-state index contributed by atoms with van der Waals surface area (Å²) in [4.78, 5) is 20.7. The van der Waals surface area contributed by atoms with Gasteiger partial charge in [-0.25, -0.2) is 9.55 Å². The van der Waals surface area contributed by atoms with Crippen molar-refractivity contribution in [1.29, 1.82) is 0 Å². The number of hydrogen-bond acceptors (Lipinski definition) is 2. The summed E-state index contributed by atoms with van der Waals surface area (Å²) < 4.78 is 8.45. The molecular formula is C49H33N5O. The summed E-state index contributed by atoms with van der Waals surface area (Å²) in [6.07, 6.45) is 1.76. The maximum absolute atomic E-state index is 15.6. The van der Waals surface area contributed by atoms with E-state index < -0.39 is 0 Å². The lowest BCUT2D eigenvalue weighted by Crippen LogP contribution is -2.23. The molecule has 0 aliphatic rings. The van der Waals surface area contributed by atoms with Gasteiger partial charge in [0.1, 0.15) is 0 Å². The number of benzene rings is 7. The Balaban J connectivity index is 1.37. The summed E-state index contributed by atoms with van der Waals surface area (Å²) in [6.45, 7) is 6.13. The van der Waals surface area contributed by atoms with E-state index in [2.05, 4.69) is 142 Å². The van der Waals surface area contributed by atoms with Crippen molar-refractivity contribution >= 4 is 71.4 Å². The Morgan fingerprint density at radius 2 is 0.873 bits per heavy atom. The molecule has 0 spiro atoms. The van der Waals surface area contributed by atoms with Gasteiger partial charge in [0.05, 0.1) is 38.7 Å². The zero-order valence-electron chi connectivity index (χ0n) is 30.0. The van der Waals surface area contributed by atoms with Gasteiger partial charge in [-0.05, 0) is 91.2 Å². The monoisotopic (exact) mass is 707 g/mol. The Morgan fingerprint density at radius 3 is 1.42 bits per heavy atom. The minimum Gasteiger partial charge on any atom is -0.309 e. The number of pyridine rings is 1. The molecule has 4 aromatic heterocycles. The van der Waals surface area contributed by atoms with Crippen LogP contribution in [0.2, 0.25) is 0 Å². The van der Waals surface area contributed by atoms with Crippen LogP contribution < -0.4 is 5.56 Å². The molecular weight excluding hydrogens is 675 g/mol. The normalized spacial score (nSPS) is 11.9. The molecule has 6 heteroatoms. The Labute approximate surface area is 315 Å². The van der Waals surface area contributed by atoms with Crippen molar-refractivity contribution in [3.8, 4) is 23.0 Å². The fourth-order valence-corrected chi connectivity index (χ4v) is 8.69. The molecule has 0 atom stereocenters. The molecule has 0 aliphatic heterocycles. The number of imidazole rings is 1. The molecule has 4 heterocycles. The maximum Gasteiger partial charge on any atom is 0.265 e. The summed E-state index contributed by atoms with van der Waals surface area (Å²) >= 11 is 0. The van der Waals surface area contributed by atoms with Gasteiger partial charge in [-0.2, -0.15) is 0 Å². The van der Waals surface area contributed by atoms with E-state index in [4.69, 9.17) is 4.98 Å². The largest absolute Gasteiger partial charge is 0.309 e. The smallest absolute Gasteiger partial charge is 0.265 e. The summed E-state index contributed by atoms with van der Waals surface area (Å²) in [5.41, 5.74) is 9.41. The summed E-state index contributed by atoms with van der Waals surface area (Å²) in [6, 6.07) is 56.7. The second-order valence-electron chi connectivity index (χ2n) is 14.1. The number of fused-ring (bicyclic) bond motifs is 9. The lowest BCUT2D eigenvalue weighted by Gasteiger charge is -2.17. The van der Waals surface area contributed by atoms with Gasteiger partial charge < -0.3 is 9.13 Å². The summed E-state index contributed by atoms with van der Waals surface area (Å²) in [7, 11) is 0. The lowest BCUT2D eigenvalue weighted by atomic mass is 10.0. The van der Waals surface area contributed by atoms with Crippen molar-refractivity contribution in [2.24, 2.45) is 0 Å². The fourth-order valence-electron chi connectivity index (χ4n) is 8.69. The van der Waals surface area contributed by atoms with Crippen LogP contribution >= 0.6 is 0 Å². The molecule has 0 aliphatic carbocycles. The number of aromatic nitrogens is 5. The first-order valence-corrected chi connectivity index (χ1v) is 18.5. The van der Waals surface area contributed by atoms with Gasteiger partial charge in [0.2, 0.25) is 5.95 Å². The number of hydrogen-bond donors (Lipinski definition) is 0. The van der Waals surface area contributed by atoms with E-state index in [1.165, 1.54) is 0 Å². The van der Waals surface area contributed by atoms with Crippen LogP contribution in [-0.4, -0.2) is 23.3 Å². The predicted octanol–water partition coefficient (Wildman–Crippen LogP) is 11.5. The average Bonchev–Trinajstić information content (AvgIpc) is 3.87. The van der Waals surface area contributed by atoms with Gasteiger partial charge in [-0.1, -0.05) is 97.6 Å². The van der Waals surface area contributed by atoms with E-state index in [1.807, 2.05) is 54.0 Å². The Morgan fingerprint density at radius 1 is 0.436 bits per heavy atom. The average molecular weight is 708 g/mol. The van der Waals surface area contributed by atoms with E-state index in [0.717, 1.165) is 88.4 Å². The molecule has 0 saturated heterocycles. The molecule has 0 unspecified atom stereocenters. The first-order valence-electron chi connectivity index (χ1n) is 18.5. The predicted molar refractivity (Wildman–Crippen MR) is 228 cm³/mol. The van der Waals surface area contributed by atoms with Crippen LogP contribution in [0.25, 0.3) is 94.4 Å². The van der Waals surface area contributed by atoms with E-state index in [9.17, 15) is 0 Å². The van der Waals surface area contributed by atoms with Crippen molar-refractivity contribution in [1.82, 2.24) is 23.3 Å². The molecule has 55 heavy (non-hydrogen) atoms. The lowest BCUT2D eigenvalue weighted by molar-refractivity contribution is 0.876. The Bertz CT molecular complexity index is 3400. The first-order chi connectivity index (χ1) is 27.1. The molecule has 0 N–H and O–H groups in total. The van der Waals surface area contributed by atoms with Crippen LogP contribution in [0.1, 0.15) is 11.4 Å². The highest BCUT2D eigenvalue weighted by Gasteiger charge is 2.24. The highest BCUT2D eigenvalue weighted by molar-refractivity contribution is 6.21. The fraction of sp³-hybridized carbons (Fsp3) is 0.0204. The third-order valence-electron chi connectivity index (χ3n) is 11.1. The highest BCUT2D eigenvalue weighted by Crippen LogP contribution is 2.40.